The Kier molecular flexibility index (Phi) is 14.6. The Labute approximate surface area is 135 Å². The van der Waals surface area contributed by atoms with Crippen molar-refractivity contribution in [1.82, 2.24) is 4.90 Å². The molecule has 21 heavy (non-hydrogen) atoms. The second-order valence-corrected chi connectivity index (χ2v) is 6.78. The summed E-state index contributed by atoms with van der Waals surface area (Å²) in [5.74, 6) is 0.284. The predicted molar refractivity (Wildman–Crippen MR) is 94.3 cm³/mol. The lowest BCUT2D eigenvalue weighted by Crippen LogP contribution is -2.42. The summed E-state index contributed by atoms with van der Waals surface area (Å²) in [7, 11) is 0. The van der Waals surface area contributed by atoms with Crippen LogP contribution >= 0.6 is 11.8 Å². The van der Waals surface area contributed by atoms with Crippen molar-refractivity contribution in [3.05, 3.63) is 0 Å². The highest BCUT2D eigenvalue weighted by molar-refractivity contribution is 7.98. The van der Waals surface area contributed by atoms with Crippen LogP contribution in [0, 0.1) is 0 Å². The SMILES string of the molecule is CCCCCCN(CCCCCC)C(CCSC)C(=O)O. The van der Waals surface area contributed by atoms with E-state index in [1.165, 1.54) is 38.5 Å². The third-order valence-electron chi connectivity index (χ3n) is 3.92. The number of hydrogen-bond acceptors (Lipinski definition) is 3. The van der Waals surface area contributed by atoms with Gasteiger partial charge in [-0.1, -0.05) is 52.4 Å². The monoisotopic (exact) mass is 317 g/mol. The first-order valence-electron chi connectivity index (χ1n) is 8.63. The molecule has 0 amide bonds. The zero-order valence-corrected chi connectivity index (χ0v) is 15.1. The molecule has 126 valence electrons. The number of thioether (sulfide) groups is 1. The van der Waals surface area contributed by atoms with Crippen molar-refractivity contribution in [2.75, 3.05) is 25.1 Å². The van der Waals surface area contributed by atoms with Crippen LogP contribution in [0.3, 0.4) is 0 Å². The summed E-state index contributed by atoms with van der Waals surface area (Å²) in [6, 6.07) is -0.291. The van der Waals surface area contributed by atoms with Crippen molar-refractivity contribution in [2.45, 2.75) is 77.7 Å². The van der Waals surface area contributed by atoms with E-state index in [1.54, 1.807) is 11.8 Å². The van der Waals surface area contributed by atoms with Crippen LogP contribution in [0.15, 0.2) is 0 Å². The van der Waals surface area contributed by atoms with E-state index in [1.807, 2.05) is 6.26 Å². The number of unbranched alkanes of at least 4 members (excludes halogenated alkanes) is 6. The maximum absolute atomic E-state index is 11.6. The molecule has 1 atom stereocenters. The van der Waals surface area contributed by atoms with Crippen molar-refractivity contribution in [2.24, 2.45) is 0 Å². The Morgan fingerprint density at radius 1 is 1.00 bits per heavy atom. The minimum atomic E-state index is -0.643. The van der Waals surface area contributed by atoms with Crippen molar-refractivity contribution in [3.63, 3.8) is 0 Å². The van der Waals surface area contributed by atoms with Gasteiger partial charge in [0.1, 0.15) is 6.04 Å². The average Bonchev–Trinajstić information content (AvgIpc) is 2.47. The van der Waals surface area contributed by atoms with Crippen LogP contribution in [0.2, 0.25) is 0 Å². The summed E-state index contributed by atoms with van der Waals surface area (Å²) in [6.45, 7) is 6.30. The van der Waals surface area contributed by atoms with Gasteiger partial charge < -0.3 is 5.11 Å². The molecule has 0 aliphatic rings. The molecule has 3 nitrogen and oxygen atoms in total. The van der Waals surface area contributed by atoms with Crippen molar-refractivity contribution in [1.29, 1.82) is 0 Å². The Hall–Kier alpha value is -0.220. The van der Waals surface area contributed by atoms with Gasteiger partial charge in [0, 0.05) is 0 Å². The van der Waals surface area contributed by atoms with E-state index in [2.05, 4.69) is 18.7 Å². The normalized spacial score (nSPS) is 12.8. The lowest BCUT2D eigenvalue weighted by molar-refractivity contribution is -0.143. The quantitative estimate of drug-likeness (QED) is 0.446. The molecule has 0 radical (unpaired) electrons. The van der Waals surface area contributed by atoms with Gasteiger partial charge in [-0.05, 0) is 44.4 Å². The molecule has 0 fully saturated rings. The van der Waals surface area contributed by atoms with Crippen LogP contribution in [-0.2, 0) is 4.79 Å². The number of hydrogen-bond donors (Lipinski definition) is 1. The average molecular weight is 318 g/mol. The summed E-state index contributed by atoms with van der Waals surface area (Å²) in [4.78, 5) is 13.8. The Morgan fingerprint density at radius 3 is 1.90 bits per heavy atom. The molecule has 0 saturated carbocycles. The standard InChI is InChI=1S/C17H35NO2S/c1-4-6-8-10-13-18(14-11-9-7-5-2)16(17(19)20)12-15-21-3/h16H,4-15H2,1-3H3,(H,19,20). The molecule has 0 rings (SSSR count). The lowest BCUT2D eigenvalue weighted by atomic mass is 10.1. The van der Waals surface area contributed by atoms with E-state index >= 15 is 0 Å². The highest BCUT2D eigenvalue weighted by Crippen LogP contribution is 2.13. The first-order valence-corrected chi connectivity index (χ1v) is 10.0. The van der Waals surface area contributed by atoms with Crippen molar-refractivity contribution in [3.8, 4) is 0 Å². The van der Waals surface area contributed by atoms with Gasteiger partial charge >= 0.3 is 5.97 Å². The number of carboxylic acid groups (broad SMARTS) is 1. The van der Waals surface area contributed by atoms with E-state index in [-0.39, 0.29) is 6.04 Å². The van der Waals surface area contributed by atoms with E-state index < -0.39 is 5.97 Å². The molecule has 0 spiro atoms. The topological polar surface area (TPSA) is 40.5 Å². The van der Waals surface area contributed by atoms with Gasteiger partial charge in [0.2, 0.25) is 0 Å². The molecule has 0 aromatic rings. The lowest BCUT2D eigenvalue weighted by Gasteiger charge is -2.29. The summed E-state index contributed by atoms with van der Waals surface area (Å²) >= 11 is 1.74. The van der Waals surface area contributed by atoms with Crippen LogP contribution in [0.5, 0.6) is 0 Å². The minimum absolute atomic E-state index is 0.291. The highest BCUT2D eigenvalue weighted by Gasteiger charge is 2.24. The molecule has 0 saturated heterocycles. The molecule has 0 aromatic heterocycles. The van der Waals surface area contributed by atoms with Crippen molar-refractivity contribution >= 4 is 17.7 Å². The molecule has 0 bridgehead atoms. The van der Waals surface area contributed by atoms with E-state index in [4.69, 9.17) is 0 Å². The molecular formula is C17H35NO2S. The number of carboxylic acids is 1. The first-order chi connectivity index (χ1) is 10.2. The van der Waals surface area contributed by atoms with Gasteiger partial charge in [0.05, 0.1) is 0 Å². The zero-order valence-electron chi connectivity index (χ0n) is 14.3. The Bertz CT molecular complexity index is 237. The van der Waals surface area contributed by atoms with Gasteiger partial charge in [-0.3, -0.25) is 9.69 Å². The highest BCUT2D eigenvalue weighted by atomic mass is 32.2. The fourth-order valence-corrected chi connectivity index (χ4v) is 3.06. The van der Waals surface area contributed by atoms with Crippen molar-refractivity contribution < 1.29 is 9.90 Å². The summed E-state index contributed by atoms with van der Waals surface area (Å²) < 4.78 is 0. The summed E-state index contributed by atoms with van der Waals surface area (Å²) in [5.41, 5.74) is 0. The second-order valence-electron chi connectivity index (χ2n) is 5.79. The molecule has 0 aliphatic carbocycles. The third-order valence-corrected chi connectivity index (χ3v) is 4.56. The Morgan fingerprint density at radius 2 is 1.52 bits per heavy atom. The Balaban J connectivity index is 4.37. The smallest absolute Gasteiger partial charge is 0.320 e. The fourth-order valence-electron chi connectivity index (χ4n) is 2.60. The largest absolute Gasteiger partial charge is 0.480 e. The third kappa shape index (κ3) is 11.1. The van der Waals surface area contributed by atoms with Crippen LogP contribution in [-0.4, -0.2) is 47.1 Å². The predicted octanol–water partition coefficient (Wildman–Crippen LogP) is 4.66. The van der Waals surface area contributed by atoms with Crippen LogP contribution < -0.4 is 0 Å². The maximum Gasteiger partial charge on any atom is 0.320 e. The maximum atomic E-state index is 11.6. The number of aliphatic carboxylic acids is 1. The summed E-state index contributed by atoms with van der Waals surface area (Å²) in [6.07, 6.45) is 12.5. The summed E-state index contributed by atoms with van der Waals surface area (Å²) in [5, 5.41) is 9.52. The van der Waals surface area contributed by atoms with Gasteiger partial charge in [0.15, 0.2) is 0 Å². The number of nitrogens with zero attached hydrogens (tertiary/aromatic N) is 1. The molecule has 0 aliphatic heterocycles. The van der Waals surface area contributed by atoms with Gasteiger partial charge in [-0.15, -0.1) is 0 Å². The molecule has 1 N–H and O–H groups in total. The zero-order chi connectivity index (χ0) is 15.9. The van der Waals surface area contributed by atoms with E-state index in [0.29, 0.717) is 0 Å². The minimum Gasteiger partial charge on any atom is -0.480 e. The molecular weight excluding hydrogens is 282 g/mol. The van der Waals surface area contributed by atoms with E-state index in [9.17, 15) is 9.90 Å². The van der Waals surface area contributed by atoms with Crippen LogP contribution in [0.1, 0.15) is 71.6 Å². The van der Waals surface area contributed by atoms with Crippen LogP contribution in [0.4, 0.5) is 0 Å². The van der Waals surface area contributed by atoms with E-state index in [0.717, 1.165) is 38.1 Å². The number of carbonyl (C=O) groups is 1. The van der Waals surface area contributed by atoms with Gasteiger partial charge in [-0.25, -0.2) is 0 Å². The fraction of sp³-hybridized carbons (Fsp3) is 0.941. The molecule has 0 aromatic carbocycles. The van der Waals surface area contributed by atoms with Gasteiger partial charge in [-0.2, -0.15) is 11.8 Å². The first kappa shape index (κ1) is 20.8. The van der Waals surface area contributed by atoms with Crippen LogP contribution in [0.25, 0.3) is 0 Å². The molecule has 1 unspecified atom stereocenters. The second kappa shape index (κ2) is 14.7. The molecule has 0 heterocycles. The number of rotatable bonds is 15. The molecule has 4 heteroatoms. The van der Waals surface area contributed by atoms with Gasteiger partial charge in [0.25, 0.3) is 0 Å².